The SMILES string of the molecule is Cn1cc(-c2ccc(Cl)cc2)c(=O)c(-c2sccc2C2CCC2)c1. The predicted molar refractivity (Wildman–Crippen MR) is 102 cm³/mol. The third-order valence-corrected chi connectivity index (χ3v) is 6.01. The second-order valence-corrected chi connectivity index (χ2v) is 7.77. The van der Waals surface area contributed by atoms with Crippen molar-refractivity contribution in [2.24, 2.45) is 7.05 Å². The first-order chi connectivity index (χ1) is 11.6. The molecule has 0 N–H and O–H groups in total. The van der Waals surface area contributed by atoms with Crippen LogP contribution in [0.4, 0.5) is 0 Å². The maximum Gasteiger partial charge on any atom is 0.198 e. The fourth-order valence-electron chi connectivity index (χ4n) is 3.28. The number of hydrogen-bond donors (Lipinski definition) is 0. The molecule has 3 aromatic rings. The van der Waals surface area contributed by atoms with E-state index in [0.29, 0.717) is 10.9 Å². The van der Waals surface area contributed by atoms with E-state index in [1.165, 1.54) is 24.8 Å². The zero-order chi connectivity index (χ0) is 16.7. The summed E-state index contributed by atoms with van der Waals surface area (Å²) in [6.07, 6.45) is 7.62. The van der Waals surface area contributed by atoms with Gasteiger partial charge in [0.1, 0.15) is 0 Å². The second-order valence-electron chi connectivity index (χ2n) is 6.42. The summed E-state index contributed by atoms with van der Waals surface area (Å²) >= 11 is 7.65. The van der Waals surface area contributed by atoms with Crippen molar-refractivity contribution in [3.8, 4) is 21.6 Å². The summed E-state index contributed by atoms with van der Waals surface area (Å²) < 4.78 is 1.98. The third kappa shape index (κ3) is 2.72. The Morgan fingerprint density at radius 3 is 2.46 bits per heavy atom. The maximum atomic E-state index is 13.1. The molecule has 1 saturated carbocycles. The number of nitrogens with zero attached hydrogens (tertiary/aromatic N) is 1. The molecule has 2 heterocycles. The highest BCUT2D eigenvalue weighted by Gasteiger charge is 2.25. The molecule has 4 rings (SSSR count). The molecule has 0 bridgehead atoms. The van der Waals surface area contributed by atoms with E-state index < -0.39 is 0 Å². The Kier molecular flexibility index (Phi) is 4.07. The lowest BCUT2D eigenvalue weighted by molar-refractivity contribution is 0.421. The van der Waals surface area contributed by atoms with Crippen LogP contribution in [0.3, 0.4) is 0 Å². The summed E-state index contributed by atoms with van der Waals surface area (Å²) in [5.74, 6) is 0.621. The first-order valence-corrected chi connectivity index (χ1v) is 9.43. The zero-order valence-electron chi connectivity index (χ0n) is 13.5. The Hall–Kier alpha value is -1.84. The molecule has 0 aliphatic heterocycles. The molecule has 4 heteroatoms. The highest BCUT2D eigenvalue weighted by Crippen LogP contribution is 2.43. The van der Waals surface area contributed by atoms with E-state index in [-0.39, 0.29) is 5.43 Å². The number of benzene rings is 1. The lowest BCUT2D eigenvalue weighted by Gasteiger charge is -2.26. The van der Waals surface area contributed by atoms with E-state index in [1.807, 2.05) is 48.3 Å². The standard InChI is InChI=1S/C20H18ClNOS/c1-22-11-17(14-5-7-15(21)8-6-14)19(23)18(12-22)20-16(9-10-24-20)13-3-2-4-13/h5-13H,2-4H2,1H3. The minimum absolute atomic E-state index is 0.0958. The molecule has 0 unspecified atom stereocenters. The molecular weight excluding hydrogens is 338 g/mol. The summed E-state index contributed by atoms with van der Waals surface area (Å²) in [7, 11) is 1.97. The van der Waals surface area contributed by atoms with E-state index in [2.05, 4.69) is 11.4 Å². The average molecular weight is 356 g/mol. The van der Waals surface area contributed by atoms with Crippen molar-refractivity contribution in [1.82, 2.24) is 4.57 Å². The quantitative estimate of drug-likeness (QED) is 0.590. The highest BCUT2D eigenvalue weighted by atomic mass is 35.5. The Morgan fingerprint density at radius 2 is 1.79 bits per heavy atom. The lowest BCUT2D eigenvalue weighted by Crippen LogP contribution is -2.14. The van der Waals surface area contributed by atoms with Gasteiger partial charge >= 0.3 is 0 Å². The Morgan fingerprint density at radius 1 is 1.08 bits per heavy atom. The zero-order valence-corrected chi connectivity index (χ0v) is 15.0. The summed E-state index contributed by atoms with van der Waals surface area (Å²) in [6, 6.07) is 9.66. The second kappa shape index (κ2) is 6.23. The van der Waals surface area contributed by atoms with E-state index in [4.69, 9.17) is 11.6 Å². The van der Waals surface area contributed by atoms with Crippen molar-refractivity contribution < 1.29 is 0 Å². The van der Waals surface area contributed by atoms with Crippen LogP contribution in [-0.2, 0) is 7.05 Å². The molecule has 1 aliphatic rings. The van der Waals surface area contributed by atoms with Crippen molar-refractivity contribution in [3.63, 3.8) is 0 Å². The Bertz CT molecular complexity index is 935. The van der Waals surface area contributed by atoms with Crippen LogP contribution in [-0.4, -0.2) is 4.57 Å². The van der Waals surface area contributed by atoms with Crippen molar-refractivity contribution in [3.05, 3.63) is 68.9 Å². The van der Waals surface area contributed by atoms with E-state index in [1.54, 1.807) is 11.3 Å². The summed E-state index contributed by atoms with van der Waals surface area (Å²) in [5.41, 5.74) is 3.88. The number of thiophene rings is 1. The van der Waals surface area contributed by atoms with Crippen LogP contribution in [0.1, 0.15) is 30.7 Å². The third-order valence-electron chi connectivity index (χ3n) is 4.80. The van der Waals surface area contributed by atoms with Crippen LogP contribution >= 0.6 is 22.9 Å². The lowest BCUT2D eigenvalue weighted by atomic mass is 9.79. The van der Waals surface area contributed by atoms with Gasteiger partial charge in [0.05, 0.1) is 5.56 Å². The Labute approximate surface area is 150 Å². The van der Waals surface area contributed by atoms with Gasteiger partial charge < -0.3 is 4.57 Å². The minimum Gasteiger partial charge on any atom is -0.356 e. The molecule has 0 radical (unpaired) electrons. The molecule has 0 saturated heterocycles. The molecule has 122 valence electrons. The number of pyridine rings is 1. The largest absolute Gasteiger partial charge is 0.356 e. The van der Waals surface area contributed by atoms with Crippen molar-refractivity contribution in [2.75, 3.05) is 0 Å². The van der Waals surface area contributed by atoms with Crippen molar-refractivity contribution in [1.29, 1.82) is 0 Å². The smallest absolute Gasteiger partial charge is 0.198 e. The van der Waals surface area contributed by atoms with Crippen LogP contribution < -0.4 is 5.43 Å². The van der Waals surface area contributed by atoms with E-state index in [0.717, 1.165) is 21.6 Å². The van der Waals surface area contributed by atoms with Gasteiger partial charge in [-0.3, -0.25) is 4.79 Å². The van der Waals surface area contributed by atoms with Gasteiger partial charge in [0.25, 0.3) is 0 Å². The minimum atomic E-state index is 0.0958. The van der Waals surface area contributed by atoms with E-state index >= 15 is 0 Å². The fraction of sp³-hybridized carbons (Fsp3) is 0.250. The number of halogens is 1. The highest BCUT2D eigenvalue weighted by molar-refractivity contribution is 7.13. The van der Waals surface area contributed by atoms with Gasteiger partial charge in [-0.05, 0) is 53.5 Å². The molecule has 0 spiro atoms. The van der Waals surface area contributed by atoms with Gasteiger partial charge in [0.2, 0.25) is 0 Å². The predicted octanol–water partition coefficient (Wildman–Crippen LogP) is 5.70. The summed E-state index contributed by atoms with van der Waals surface area (Å²) in [5, 5.41) is 2.79. The molecular formula is C20H18ClNOS. The number of aryl methyl sites for hydroxylation is 1. The number of hydrogen-bond acceptors (Lipinski definition) is 2. The van der Waals surface area contributed by atoms with Crippen LogP contribution in [0.5, 0.6) is 0 Å². The van der Waals surface area contributed by atoms with Crippen LogP contribution in [0.25, 0.3) is 21.6 Å². The summed E-state index contributed by atoms with van der Waals surface area (Å²) in [4.78, 5) is 14.3. The van der Waals surface area contributed by atoms with Crippen molar-refractivity contribution >= 4 is 22.9 Å². The van der Waals surface area contributed by atoms with Gasteiger partial charge in [-0.1, -0.05) is 30.2 Å². The monoisotopic (exact) mass is 355 g/mol. The van der Waals surface area contributed by atoms with Gasteiger partial charge in [0, 0.05) is 34.9 Å². The van der Waals surface area contributed by atoms with Crippen LogP contribution in [0.15, 0.2) is 52.9 Å². The van der Waals surface area contributed by atoms with Crippen LogP contribution in [0, 0.1) is 0 Å². The molecule has 2 nitrogen and oxygen atoms in total. The number of aromatic nitrogens is 1. The van der Waals surface area contributed by atoms with Crippen molar-refractivity contribution in [2.45, 2.75) is 25.2 Å². The Balaban J connectivity index is 1.87. The molecule has 1 aliphatic carbocycles. The topological polar surface area (TPSA) is 22.0 Å². The molecule has 0 atom stereocenters. The van der Waals surface area contributed by atoms with Gasteiger partial charge in [0.15, 0.2) is 5.43 Å². The first-order valence-electron chi connectivity index (χ1n) is 8.17. The van der Waals surface area contributed by atoms with Gasteiger partial charge in [-0.15, -0.1) is 11.3 Å². The summed E-state index contributed by atoms with van der Waals surface area (Å²) in [6.45, 7) is 0. The van der Waals surface area contributed by atoms with Gasteiger partial charge in [-0.2, -0.15) is 0 Å². The maximum absolute atomic E-state index is 13.1. The first kappa shape index (κ1) is 15.7. The normalized spacial score (nSPS) is 14.6. The van der Waals surface area contributed by atoms with E-state index in [9.17, 15) is 4.79 Å². The molecule has 24 heavy (non-hydrogen) atoms. The molecule has 0 amide bonds. The fourth-order valence-corrected chi connectivity index (χ4v) is 4.40. The average Bonchev–Trinajstić information content (AvgIpc) is 2.97. The molecule has 2 aromatic heterocycles. The number of rotatable bonds is 3. The molecule has 1 aromatic carbocycles. The van der Waals surface area contributed by atoms with Gasteiger partial charge in [-0.25, -0.2) is 0 Å². The van der Waals surface area contributed by atoms with Crippen LogP contribution in [0.2, 0.25) is 5.02 Å². The molecule has 1 fully saturated rings.